The van der Waals surface area contributed by atoms with Gasteiger partial charge in [-0.2, -0.15) is 0 Å². The predicted octanol–water partition coefficient (Wildman–Crippen LogP) is 2.59. The first kappa shape index (κ1) is 20.0. The van der Waals surface area contributed by atoms with Crippen LogP contribution in [-0.4, -0.2) is 44.9 Å². The highest BCUT2D eigenvalue weighted by molar-refractivity contribution is 14.0. The van der Waals surface area contributed by atoms with Crippen LogP contribution in [0.25, 0.3) is 0 Å². The van der Waals surface area contributed by atoms with Crippen molar-refractivity contribution in [3.8, 4) is 5.75 Å². The van der Waals surface area contributed by atoms with Crippen LogP contribution >= 0.6 is 24.0 Å². The number of guanidine groups is 1. The van der Waals surface area contributed by atoms with E-state index in [4.69, 9.17) is 9.47 Å². The van der Waals surface area contributed by atoms with E-state index in [2.05, 4.69) is 34.7 Å². The zero-order valence-electron chi connectivity index (χ0n) is 14.0. The summed E-state index contributed by atoms with van der Waals surface area (Å²) < 4.78 is 11.2. The molecule has 130 valence electrons. The molecule has 1 atom stereocenters. The van der Waals surface area contributed by atoms with Crippen LogP contribution in [0.3, 0.4) is 0 Å². The summed E-state index contributed by atoms with van der Waals surface area (Å²) in [5.41, 5.74) is 1.28. The van der Waals surface area contributed by atoms with Gasteiger partial charge in [-0.05, 0) is 31.9 Å². The fourth-order valence-electron chi connectivity index (χ4n) is 2.42. The second-order valence-electron chi connectivity index (χ2n) is 5.25. The molecule has 0 saturated heterocycles. The minimum Gasteiger partial charge on any atom is -0.488 e. The molecule has 2 rings (SSSR count). The van der Waals surface area contributed by atoms with Crippen LogP contribution in [0.2, 0.25) is 0 Å². The second kappa shape index (κ2) is 11.5. The third kappa shape index (κ3) is 6.95. The molecular weight excluding hydrogens is 405 g/mol. The molecule has 5 nitrogen and oxygen atoms in total. The van der Waals surface area contributed by atoms with E-state index in [1.807, 2.05) is 19.1 Å². The van der Waals surface area contributed by atoms with Gasteiger partial charge in [-0.15, -0.1) is 24.0 Å². The Morgan fingerprint density at radius 2 is 2.13 bits per heavy atom. The number of halogens is 1. The van der Waals surface area contributed by atoms with Crippen LogP contribution in [0.15, 0.2) is 29.3 Å². The lowest BCUT2D eigenvalue weighted by atomic mass is 10.1. The second-order valence-corrected chi connectivity index (χ2v) is 5.25. The van der Waals surface area contributed by atoms with Gasteiger partial charge >= 0.3 is 0 Å². The van der Waals surface area contributed by atoms with E-state index in [0.717, 1.165) is 50.9 Å². The summed E-state index contributed by atoms with van der Waals surface area (Å²) in [5, 5.41) is 6.59. The first-order valence-electron chi connectivity index (χ1n) is 8.18. The van der Waals surface area contributed by atoms with E-state index in [9.17, 15) is 0 Å². The van der Waals surface area contributed by atoms with Gasteiger partial charge < -0.3 is 20.1 Å². The number of rotatable bonds is 8. The Bertz CT molecular complexity index is 458. The molecule has 1 aromatic rings. The predicted molar refractivity (Wildman–Crippen MR) is 105 cm³/mol. The highest BCUT2D eigenvalue weighted by atomic mass is 127. The van der Waals surface area contributed by atoms with E-state index in [1.54, 1.807) is 0 Å². The molecule has 0 bridgehead atoms. The Hall–Kier alpha value is -1.02. The molecule has 0 spiro atoms. The van der Waals surface area contributed by atoms with Gasteiger partial charge in [0.1, 0.15) is 11.9 Å². The third-order valence-electron chi connectivity index (χ3n) is 3.47. The van der Waals surface area contributed by atoms with Gasteiger partial charge in [0.25, 0.3) is 0 Å². The van der Waals surface area contributed by atoms with Crippen molar-refractivity contribution < 1.29 is 9.47 Å². The Labute approximate surface area is 156 Å². The first-order valence-corrected chi connectivity index (χ1v) is 8.18. The van der Waals surface area contributed by atoms with E-state index in [-0.39, 0.29) is 30.1 Å². The molecule has 1 heterocycles. The molecule has 23 heavy (non-hydrogen) atoms. The van der Waals surface area contributed by atoms with Gasteiger partial charge in [-0.25, -0.2) is 4.99 Å². The molecule has 1 aliphatic heterocycles. The van der Waals surface area contributed by atoms with Gasteiger partial charge in [-0.3, -0.25) is 0 Å². The lowest BCUT2D eigenvalue weighted by molar-refractivity contribution is 0.145. The number of ether oxygens (including phenoxy) is 2. The number of aliphatic imine (C=N–C) groups is 1. The fourth-order valence-corrected chi connectivity index (χ4v) is 2.42. The maximum absolute atomic E-state index is 5.91. The molecule has 0 radical (unpaired) electrons. The Morgan fingerprint density at radius 3 is 2.87 bits per heavy atom. The van der Waals surface area contributed by atoms with E-state index in [1.165, 1.54) is 5.56 Å². The van der Waals surface area contributed by atoms with Crippen molar-refractivity contribution in [3.63, 3.8) is 0 Å². The standard InChI is InChI=1S/C17H27N3O2.HI/c1-3-18-17(19-10-7-11-21-4-2)20-13-15-12-14-8-5-6-9-16(14)22-15;/h5-6,8-9,15H,3-4,7,10-13H2,1-2H3,(H2,18,19,20);1H. The van der Waals surface area contributed by atoms with Gasteiger partial charge in [0.15, 0.2) is 5.96 Å². The Balaban J connectivity index is 0.00000264. The van der Waals surface area contributed by atoms with Crippen LogP contribution in [0.5, 0.6) is 5.75 Å². The van der Waals surface area contributed by atoms with Crippen LogP contribution in [0, 0.1) is 0 Å². The van der Waals surface area contributed by atoms with Crippen molar-refractivity contribution in [2.75, 3.05) is 32.8 Å². The van der Waals surface area contributed by atoms with Gasteiger partial charge in [-0.1, -0.05) is 18.2 Å². The summed E-state index contributed by atoms with van der Waals surface area (Å²) >= 11 is 0. The fraction of sp³-hybridized carbons (Fsp3) is 0.588. The normalized spacial score (nSPS) is 16.3. The monoisotopic (exact) mass is 433 g/mol. The maximum Gasteiger partial charge on any atom is 0.191 e. The number of hydrogen-bond acceptors (Lipinski definition) is 3. The third-order valence-corrected chi connectivity index (χ3v) is 3.47. The number of fused-ring (bicyclic) bond motifs is 1. The molecule has 0 fully saturated rings. The van der Waals surface area contributed by atoms with Gasteiger partial charge in [0.05, 0.1) is 6.54 Å². The average molecular weight is 433 g/mol. The van der Waals surface area contributed by atoms with Crippen molar-refractivity contribution in [1.29, 1.82) is 0 Å². The summed E-state index contributed by atoms with van der Waals surface area (Å²) in [6, 6.07) is 8.21. The van der Waals surface area contributed by atoms with Crippen molar-refractivity contribution in [3.05, 3.63) is 29.8 Å². The molecule has 0 aliphatic carbocycles. The molecule has 1 aliphatic rings. The molecule has 0 aromatic heterocycles. The summed E-state index contributed by atoms with van der Waals surface area (Å²) in [6.07, 6.45) is 2.05. The van der Waals surface area contributed by atoms with E-state index in [0.29, 0.717) is 6.54 Å². The van der Waals surface area contributed by atoms with Crippen molar-refractivity contribution in [2.24, 2.45) is 4.99 Å². The van der Waals surface area contributed by atoms with Crippen LogP contribution in [0.4, 0.5) is 0 Å². The Kier molecular flexibility index (Phi) is 10.0. The Morgan fingerprint density at radius 1 is 1.30 bits per heavy atom. The zero-order valence-corrected chi connectivity index (χ0v) is 16.3. The lowest BCUT2D eigenvalue weighted by Gasteiger charge is -2.13. The number of nitrogens with zero attached hydrogens (tertiary/aromatic N) is 1. The van der Waals surface area contributed by atoms with Crippen LogP contribution < -0.4 is 15.4 Å². The van der Waals surface area contributed by atoms with Gasteiger partial charge in [0.2, 0.25) is 0 Å². The molecule has 1 unspecified atom stereocenters. The molecule has 1 aromatic carbocycles. The van der Waals surface area contributed by atoms with E-state index < -0.39 is 0 Å². The largest absolute Gasteiger partial charge is 0.488 e. The van der Waals surface area contributed by atoms with Crippen molar-refractivity contribution in [1.82, 2.24) is 10.6 Å². The molecular formula is C17H28IN3O2. The number of benzene rings is 1. The highest BCUT2D eigenvalue weighted by Crippen LogP contribution is 2.28. The summed E-state index contributed by atoms with van der Waals surface area (Å²) in [7, 11) is 0. The SMILES string of the molecule is CCNC(=NCC1Cc2ccccc2O1)NCCCOCC.I. The summed E-state index contributed by atoms with van der Waals surface area (Å²) in [4.78, 5) is 4.62. The molecule has 2 N–H and O–H groups in total. The summed E-state index contributed by atoms with van der Waals surface area (Å²) in [5.74, 6) is 1.84. The number of para-hydroxylation sites is 1. The molecule has 0 amide bonds. The summed E-state index contributed by atoms with van der Waals surface area (Å²) in [6.45, 7) is 8.01. The minimum atomic E-state index is 0. The molecule has 6 heteroatoms. The lowest BCUT2D eigenvalue weighted by Crippen LogP contribution is -2.39. The quantitative estimate of drug-likeness (QED) is 0.287. The number of nitrogens with one attached hydrogen (secondary N) is 2. The first-order chi connectivity index (χ1) is 10.8. The van der Waals surface area contributed by atoms with Crippen LogP contribution in [-0.2, 0) is 11.2 Å². The average Bonchev–Trinajstić information content (AvgIpc) is 2.95. The minimum absolute atomic E-state index is 0. The maximum atomic E-state index is 5.91. The highest BCUT2D eigenvalue weighted by Gasteiger charge is 2.21. The van der Waals surface area contributed by atoms with Crippen molar-refractivity contribution in [2.45, 2.75) is 32.8 Å². The van der Waals surface area contributed by atoms with Gasteiger partial charge in [0, 0.05) is 32.7 Å². The molecule has 0 saturated carbocycles. The van der Waals surface area contributed by atoms with E-state index >= 15 is 0 Å². The van der Waals surface area contributed by atoms with Crippen molar-refractivity contribution >= 4 is 29.9 Å². The zero-order chi connectivity index (χ0) is 15.6. The topological polar surface area (TPSA) is 54.9 Å². The number of hydrogen-bond donors (Lipinski definition) is 2. The smallest absolute Gasteiger partial charge is 0.191 e. The van der Waals surface area contributed by atoms with Crippen LogP contribution in [0.1, 0.15) is 25.8 Å².